The predicted molar refractivity (Wildman–Crippen MR) is 108 cm³/mol. The molecule has 0 N–H and O–H groups in total. The van der Waals surface area contributed by atoms with Gasteiger partial charge in [0, 0.05) is 23.8 Å². The number of aryl methyl sites for hydroxylation is 1. The van der Waals surface area contributed by atoms with Crippen LogP contribution in [0.1, 0.15) is 29.1 Å². The van der Waals surface area contributed by atoms with Gasteiger partial charge in [-0.25, -0.2) is 4.79 Å². The molecule has 1 aromatic carbocycles. The van der Waals surface area contributed by atoms with Crippen LogP contribution in [0.3, 0.4) is 0 Å². The summed E-state index contributed by atoms with van der Waals surface area (Å²) in [5.74, 6) is 0.175. The van der Waals surface area contributed by atoms with E-state index < -0.39 is 5.97 Å². The van der Waals surface area contributed by atoms with Gasteiger partial charge in [0.2, 0.25) is 5.43 Å². The second-order valence-corrected chi connectivity index (χ2v) is 6.76. The largest absolute Gasteiger partial charge is 0.497 e. The summed E-state index contributed by atoms with van der Waals surface area (Å²) in [6.45, 7) is 4.54. The smallest absolute Gasteiger partial charge is 0.343 e. The molecule has 0 fully saturated rings. The maximum absolute atomic E-state index is 12.7. The fourth-order valence-electron chi connectivity index (χ4n) is 2.65. The summed E-state index contributed by atoms with van der Waals surface area (Å²) in [7, 11) is 1.61. The van der Waals surface area contributed by atoms with Crippen molar-refractivity contribution in [3.63, 3.8) is 0 Å². The van der Waals surface area contributed by atoms with E-state index in [1.807, 2.05) is 35.8 Å². The molecule has 0 spiro atoms. The van der Waals surface area contributed by atoms with Crippen LogP contribution in [-0.2, 0) is 11.3 Å². The Morgan fingerprint density at radius 2 is 2.00 bits per heavy atom. The fraction of sp³-hybridized carbons (Fsp3) is 0.250. The first-order valence-corrected chi connectivity index (χ1v) is 9.41. The molecule has 0 aliphatic rings. The quantitative estimate of drug-likeness (QED) is 0.475. The van der Waals surface area contributed by atoms with Crippen molar-refractivity contribution in [1.82, 2.24) is 4.57 Å². The van der Waals surface area contributed by atoms with Crippen molar-refractivity contribution in [2.24, 2.45) is 4.99 Å². The molecule has 0 saturated heterocycles. The third-order valence-electron chi connectivity index (χ3n) is 4.02. The fourth-order valence-corrected chi connectivity index (χ4v) is 3.72. The molecule has 140 valence electrons. The molecule has 3 rings (SSSR count). The molecule has 0 radical (unpaired) electrons. The first-order valence-electron chi connectivity index (χ1n) is 8.59. The normalized spacial score (nSPS) is 11.2. The van der Waals surface area contributed by atoms with Crippen LogP contribution >= 0.6 is 11.3 Å². The number of rotatable bonds is 6. The molecule has 27 heavy (non-hydrogen) atoms. The van der Waals surface area contributed by atoms with E-state index in [9.17, 15) is 9.59 Å². The highest BCUT2D eigenvalue weighted by Crippen LogP contribution is 2.24. The summed E-state index contributed by atoms with van der Waals surface area (Å²) in [6.07, 6.45) is 3.29. The zero-order chi connectivity index (χ0) is 19.4. The third-order valence-corrected chi connectivity index (χ3v) is 5.12. The average Bonchev–Trinajstić information content (AvgIpc) is 3.12. The Labute approximate surface area is 160 Å². The van der Waals surface area contributed by atoms with Crippen LogP contribution in [-0.4, -0.2) is 30.5 Å². The maximum atomic E-state index is 12.7. The van der Waals surface area contributed by atoms with Gasteiger partial charge >= 0.3 is 5.97 Å². The first kappa shape index (κ1) is 18.8. The van der Waals surface area contributed by atoms with Gasteiger partial charge in [0.1, 0.15) is 16.1 Å². The Bertz CT molecular complexity index is 1050. The highest BCUT2D eigenvalue weighted by atomic mass is 32.1. The molecular weight excluding hydrogens is 364 g/mol. The molecular formula is C20H20N2O4S. The monoisotopic (exact) mass is 384 g/mol. The van der Waals surface area contributed by atoms with Crippen molar-refractivity contribution in [3.8, 4) is 5.75 Å². The molecule has 0 amide bonds. The van der Waals surface area contributed by atoms with E-state index in [0.717, 1.165) is 21.1 Å². The summed E-state index contributed by atoms with van der Waals surface area (Å²) in [5.41, 5.74) is 0.530. The molecule has 0 saturated carbocycles. The van der Waals surface area contributed by atoms with Gasteiger partial charge < -0.3 is 14.0 Å². The van der Waals surface area contributed by atoms with Crippen LogP contribution < -0.4 is 10.2 Å². The number of methoxy groups -OCH3 is 1. The molecule has 3 aromatic rings. The lowest BCUT2D eigenvalue weighted by Gasteiger charge is -2.07. The van der Waals surface area contributed by atoms with E-state index in [1.165, 1.54) is 11.3 Å². The second-order valence-electron chi connectivity index (χ2n) is 5.70. The SMILES string of the molecule is CCOC(=O)c1cn(CC)c2sc(/C=N/c3ccc(OC)cc3)cc2c1=O. The summed E-state index contributed by atoms with van der Waals surface area (Å²) >= 11 is 1.46. The third kappa shape index (κ3) is 3.93. The van der Waals surface area contributed by atoms with E-state index in [1.54, 1.807) is 32.5 Å². The number of carbonyl (C=O) groups excluding carboxylic acids is 1. The zero-order valence-corrected chi connectivity index (χ0v) is 16.2. The molecule has 2 aromatic heterocycles. The van der Waals surface area contributed by atoms with Crippen LogP contribution in [0.2, 0.25) is 0 Å². The summed E-state index contributed by atoms with van der Waals surface area (Å²) in [6, 6.07) is 9.15. The Morgan fingerprint density at radius 3 is 2.63 bits per heavy atom. The minimum absolute atomic E-state index is 0.0580. The van der Waals surface area contributed by atoms with Crippen molar-refractivity contribution < 1.29 is 14.3 Å². The van der Waals surface area contributed by atoms with Crippen molar-refractivity contribution in [3.05, 3.63) is 57.2 Å². The van der Waals surface area contributed by atoms with Gasteiger partial charge in [-0.15, -0.1) is 11.3 Å². The minimum Gasteiger partial charge on any atom is -0.497 e. The van der Waals surface area contributed by atoms with Gasteiger partial charge in [-0.2, -0.15) is 0 Å². The van der Waals surface area contributed by atoms with Crippen molar-refractivity contribution in [2.75, 3.05) is 13.7 Å². The van der Waals surface area contributed by atoms with Gasteiger partial charge in [-0.1, -0.05) is 0 Å². The van der Waals surface area contributed by atoms with E-state index in [-0.39, 0.29) is 17.6 Å². The number of thiophene rings is 1. The van der Waals surface area contributed by atoms with Crippen molar-refractivity contribution in [1.29, 1.82) is 0 Å². The van der Waals surface area contributed by atoms with Crippen molar-refractivity contribution in [2.45, 2.75) is 20.4 Å². The van der Waals surface area contributed by atoms with Crippen LogP contribution in [0.4, 0.5) is 5.69 Å². The lowest BCUT2D eigenvalue weighted by Crippen LogP contribution is -2.19. The number of esters is 1. The average molecular weight is 384 g/mol. The van der Waals surface area contributed by atoms with Gasteiger partial charge in [0.15, 0.2) is 0 Å². The van der Waals surface area contributed by atoms with Crippen LogP contribution in [0.5, 0.6) is 5.75 Å². The van der Waals surface area contributed by atoms with Gasteiger partial charge in [0.05, 0.1) is 24.8 Å². The minimum atomic E-state index is -0.591. The Morgan fingerprint density at radius 1 is 1.26 bits per heavy atom. The standard InChI is InChI=1S/C20H20N2O4S/c1-4-22-12-17(20(24)26-5-2)18(23)16-10-15(27-19(16)22)11-21-13-6-8-14(25-3)9-7-13/h6-12H,4-5H2,1-3H3/b21-11+. The number of fused-ring (bicyclic) bond motifs is 1. The van der Waals surface area contributed by atoms with Crippen LogP contribution in [0.25, 0.3) is 10.2 Å². The van der Waals surface area contributed by atoms with E-state index in [2.05, 4.69) is 4.99 Å². The lowest BCUT2D eigenvalue weighted by molar-refractivity contribution is 0.0524. The topological polar surface area (TPSA) is 69.9 Å². The van der Waals surface area contributed by atoms with E-state index in [0.29, 0.717) is 11.9 Å². The molecule has 0 bridgehead atoms. The number of benzene rings is 1. The Balaban J connectivity index is 2.00. The maximum Gasteiger partial charge on any atom is 0.343 e. The predicted octanol–water partition coefficient (Wildman–Crippen LogP) is 4.02. The second kappa shape index (κ2) is 8.18. The van der Waals surface area contributed by atoms with E-state index in [4.69, 9.17) is 9.47 Å². The summed E-state index contributed by atoms with van der Waals surface area (Å²) < 4.78 is 12.0. The van der Waals surface area contributed by atoms with E-state index >= 15 is 0 Å². The van der Waals surface area contributed by atoms with Gasteiger partial charge in [0.25, 0.3) is 0 Å². The highest BCUT2D eigenvalue weighted by Gasteiger charge is 2.17. The number of hydrogen-bond donors (Lipinski definition) is 0. The number of ether oxygens (including phenoxy) is 2. The lowest BCUT2D eigenvalue weighted by atomic mass is 10.2. The van der Waals surface area contributed by atoms with Crippen LogP contribution in [0.15, 0.2) is 46.3 Å². The number of carbonyl (C=O) groups is 1. The summed E-state index contributed by atoms with van der Waals surface area (Å²) in [5, 5.41) is 0.503. The number of hydrogen-bond acceptors (Lipinski definition) is 6. The van der Waals surface area contributed by atoms with Crippen molar-refractivity contribution >= 4 is 39.4 Å². The number of aliphatic imine (C=N–C) groups is 1. The first-order chi connectivity index (χ1) is 13.1. The molecule has 0 atom stereocenters. The molecule has 0 unspecified atom stereocenters. The highest BCUT2D eigenvalue weighted by molar-refractivity contribution is 7.20. The molecule has 0 aliphatic heterocycles. The van der Waals surface area contributed by atoms with Gasteiger partial charge in [-0.05, 0) is 44.2 Å². The number of aromatic nitrogens is 1. The number of pyridine rings is 1. The Hall–Kier alpha value is -2.93. The molecule has 7 heteroatoms. The van der Waals surface area contributed by atoms with Crippen LogP contribution in [0, 0.1) is 0 Å². The molecule has 0 aliphatic carbocycles. The number of nitrogens with zero attached hydrogens (tertiary/aromatic N) is 2. The van der Waals surface area contributed by atoms with Gasteiger partial charge in [-0.3, -0.25) is 9.79 Å². The molecule has 2 heterocycles. The molecule has 6 nitrogen and oxygen atoms in total. The Kier molecular flexibility index (Phi) is 5.71. The zero-order valence-electron chi connectivity index (χ0n) is 15.4. The summed E-state index contributed by atoms with van der Waals surface area (Å²) in [4.78, 5) is 30.9.